The van der Waals surface area contributed by atoms with Gasteiger partial charge < -0.3 is 14.0 Å². The highest BCUT2D eigenvalue weighted by molar-refractivity contribution is 5.81. The molecule has 0 bridgehead atoms. The van der Waals surface area contributed by atoms with Gasteiger partial charge in [-0.15, -0.1) is 0 Å². The van der Waals surface area contributed by atoms with Crippen LogP contribution in [0.5, 0.6) is 0 Å². The van der Waals surface area contributed by atoms with Crippen LogP contribution in [0.1, 0.15) is 25.8 Å². The van der Waals surface area contributed by atoms with E-state index in [9.17, 15) is 0 Å². The first-order valence-corrected chi connectivity index (χ1v) is 7.00. The molecule has 4 heteroatoms. The molecule has 2 rings (SSSR count). The van der Waals surface area contributed by atoms with Crippen LogP contribution in [0.2, 0.25) is 0 Å². The van der Waals surface area contributed by atoms with Gasteiger partial charge in [0.15, 0.2) is 6.29 Å². The van der Waals surface area contributed by atoms with E-state index in [-0.39, 0.29) is 6.29 Å². The highest BCUT2D eigenvalue weighted by Gasteiger charge is 2.09. The zero-order valence-electron chi connectivity index (χ0n) is 12.0. The van der Waals surface area contributed by atoms with E-state index in [1.54, 1.807) is 0 Å². The Hall–Kier alpha value is -1.83. The van der Waals surface area contributed by atoms with Gasteiger partial charge in [-0.05, 0) is 38.1 Å². The van der Waals surface area contributed by atoms with E-state index in [4.69, 9.17) is 14.7 Å². The number of hydrogen-bond acceptors (Lipinski definition) is 3. The maximum Gasteiger partial charge on any atom is 0.159 e. The second-order valence-electron chi connectivity index (χ2n) is 4.52. The van der Waals surface area contributed by atoms with Crippen molar-refractivity contribution < 1.29 is 9.47 Å². The highest BCUT2D eigenvalue weighted by Crippen LogP contribution is 2.18. The number of fused-ring (bicyclic) bond motifs is 1. The van der Waals surface area contributed by atoms with Gasteiger partial charge in [0.25, 0.3) is 0 Å². The zero-order chi connectivity index (χ0) is 14.4. The van der Waals surface area contributed by atoms with Gasteiger partial charge in [-0.3, -0.25) is 0 Å². The SMILES string of the molecule is CCOC(CCn1ccc2cc(C#N)ccc21)OCC. The molecule has 0 aliphatic heterocycles. The first-order chi connectivity index (χ1) is 9.78. The van der Waals surface area contributed by atoms with E-state index >= 15 is 0 Å². The molecule has 0 N–H and O–H groups in total. The first kappa shape index (κ1) is 14.6. The van der Waals surface area contributed by atoms with E-state index in [1.807, 2.05) is 44.3 Å². The predicted molar refractivity (Wildman–Crippen MR) is 78.3 cm³/mol. The highest BCUT2D eigenvalue weighted by atomic mass is 16.7. The monoisotopic (exact) mass is 272 g/mol. The molecule has 2 aromatic rings. The lowest BCUT2D eigenvalue weighted by Gasteiger charge is -2.17. The van der Waals surface area contributed by atoms with Crippen molar-refractivity contribution in [1.82, 2.24) is 4.57 Å². The van der Waals surface area contributed by atoms with Crippen LogP contribution in [0.4, 0.5) is 0 Å². The maximum absolute atomic E-state index is 8.91. The number of rotatable bonds is 7. The second kappa shape index (κ2) is 7.09. The topological polar surface area (TPSA) is 47.2 Å². The van der Waals surface area contributed by atoms with Gasteiger partial charge in [-0.2, -0.15) is 5.26 Å². The predicted octanol–water partition coefficient (Wildman–Crippen LogP) is 3.30. The fourth-order valence-electron chi connectivity index (χ4n) is 2.30. The summed E-state index contributed by atoms with van der Waals surface area (Å²) >= 11 is 0. The van der Waals surface area contributed by atoms with Crippen molar-refractivity contribution >= 4 is 10.9 Å². The number of aryl methyl sites for hydroxylation is 1. The molecule has 0 atom stereocenters. The molecule has 0 saturated heterocycles. The molecule has 1 aromatic heterocycles. The summed E-state index contributed by atoms with van der Waals surface area (Å²) in [5.74, 6) is 0. The van der Waals surface area contributed by atoms with Crippen LogP contribution in [0.25, 0.3) is 10.9 Å². The van der Waals surface area contributed by atoms with Crippen molar-refractivity contribution in [1.29, 1.82) is 5.26 Å². The largest absolute Gasteiger partial charge is 0.353 e. The molecule has 106 valence electrons. The Labute approximate surface area is 119 Å². The van der Waals surface area contributed by atoms with Gasteiger partial charge in [-0.1, -0.05) is 0 Å². The molecule has 4 nitrogen and oxygen atoms in total. The molecular formula is C16H20N2O2. The molecule has 20 heavy (non-hydrogen) atoms. The Morgan fingerprint density at radius 3 is 2.60 bits per heavy atom. The van der Waals surface area contributed by atoms with Gasteiger partial charge in [0.05, 0.1) is 11.6 Å². The zero-order valence-corrected chi connectivity index (χ0v) is 12.0. The van der Waals surface area contributed by atoms with Crippen LogP contribution < -0.4 is 0 Å². The van der Waals surface area contributed by atoms with Gasteiger partial charge in [-0.25, -0.2) is 0 Å². The minimum absolute atomic E-state index is 0.152. The molecule has 0 amide bonds. The summed E-state index contributed by atoms with van der Waals surface area (Å²) in [6.45, 7) is 6.09. The van der Waals surface area contributed by atoms with Crippen molar-refractivity contribution in [2.45, 2.75) is 33.1 Å². The second-order valence-corrected chi connectivity index (χ2v) is 4.52. The van der Waals surface area contributed by atoms with E-state index in [2.05, 4.69) is 10.6 Å². The summed E-state index contributed by atoms with van der Waals surface area (Å²) in [5, 5.41) is 10.00. The van der Waals surface area contributed by atoms with Crippen molar-refractivity contribution in [2.24, 2.45) is 0 Å². The Kier molecular flexibility index (Phi) is 5.16. The molecule has 1 heterocycles. The number of aromatic nitrogens is 1. The van der Waals surface area contributed by atoms with Crippen molar-refractivity contribution in [3.8, 4) is 6.07 Å². The van der Waals surface area contributed by atoms with Gasteiger partial charge >= 0.3 is 0 Å². The molecule has 1 aromatic carbocycles. The third kappa shape index (κ3) is 3.38. The molecule has 0 radical (unpaired) electrons. The molecule has 0 aliphatic carbocycles. The summed E-state index contributed by atoms with van der Waals surface area (Å²) in [7, 11) is 0. The average Bonchev–Trinajstić information content (AvgIpc) is 2.87. The molecule has 0 aliphatic rings. The lowest BCUT2D eigenvalue weighted by atomic mass is 10.2. The number of ether oxygens (including phenoxy) is 2. The minimum atomic E-state index is -0.152. The summed E-state index contributed by atoms with van der Waals surface area (Å²) in [5.41, 5.74) is 1.83. The summed E-state index contributed by atoms with van der Waals surface area (Å²) < 4.78 is 13.3. The van der Waals surface area contributed by atoms with E-state index in [0.717, 1.165) is 23.9 Å². The van der Waals surface area contributed by atoms with Crippen molar-refractivity contribution in [3.05, 3.63) is 36.0 Å². The Balaban J connectivity index is 2.08. The first-order valence-electron chi connectivity index (χ1n) is 7.00. The van der Waals surface area contributed by atoms with Crippen LogP contribution >= 0.6 is 0 Å². The maximum atomic E-state index is 8.91. The molecule has 0 unspecified atom stereocenters. The van der Waals surface area contributed by atoms with E-state index in [0.29, 0.717) is 18.8 Å². The number of hydrogen-bond donors (Lipinski definition) is 0. The lowest BCUT2D eigenvalue weighted by molar-refractivity contribution is -0.140. The third-order valence-corrected chi connectivity index (χ3v) is 3.21. The van der Waals surface area contributed by atoms with E-state index in [1.165, 1.54) is 0 Å². The van der Waals surface area contributed by atoms with Crippen LogP contribution in [-0.2, 0) is 16.0 Å². The quantitative estimate of drug-likeness (QED) is 0.726. The number of benzene rings is 1. The van der Waals surface area contributed by atoms with Crippen molar-refractivity contribution in [2.75, 3.05) is 13.2 Å². The van der Waals surface area contributed by atoms with Gasteiger partial charge in [0.1, 0.15) is 0 Å². The number of nitrogens with zero attached hydrogens (tertiary/aromatic N) is 2. The molecule has 0 fully saturated rings. The lowest BCUT2D eigenvalue weighted by Crippen LogP contribution is -2.19. The summed E-state index contributed by atoms with van der Waals surface area (Å²) in [6.07, 6.45) is 2.70. The van der Waals surface area contributed by atoms with E-state index < -0.39 is 0 Å². The molecule has 0 spiro atoms. The van der Waals surface area contributed by atoms with Gasteiger partial charge in [0, 0.05) is 43.3 Å². The molecular weight excluding hydrogens is 252 g/mol. The summed E-state index contributed by atoms with van der Waals surface area (Å²) in [4.78, 5) is 0. The standard InChI is InChI=1S/C16H20N2O2/c1-3-19-16(20-4-2)8-10-18-9-7-14-11-13(12-17)5-6-15(14)18/h5-7,9,11,16H,3-4,8,10H2,1-2H3. The van der Waals surface area contributed by atoms with Crippen LogP contribution in [0.15, 0.2) is 30.5 Å². The van der Waals surface area contributed by atoms with Crippen LogP contribution in [0.3, 0.4) is 0 Å². The Morgan fingerprint density at radius 2 is 1.95 bits per heavy atom. The van der Waals surface area contributed by atoms with Crippen LogP contribution in [-0.4, -0.2) is 24.1 Å². The fourth-order valence-corrected chi connectivity index (χ4v) is 2.30. The van der Waals surface area contributed by atoms with Crippen LogP contribution in [0, 0.1) is 11.3 Å². The third-order valence-electron chi connectivity index (χ3n) is 3.21. The van der Waals surface area contributed by atoms with Gasteiger partial charge in [0.2, 0.25) is 0 Å². The number of nitriles is 1. The smallest absolute Gasteiger partial charge is 0.159 e. The minimum Gasteiger partial charge on any atom is -0.353 e. The Morgan fingerprint density at radius 1 is 1.20 bits per heavy atom. The normalized spacial score (nSPS) is 11.1. The average molecular weight is 272 g/mol. The van der Waals surface area contributed by atoms with Crippen molar-refractivity contribution in [3.63, 3.8) is 0 Å². The molecule has 0 saturated carbocycles. The Bertz CT molecular complexity index is 592. The summed E-state index contributed by atoms with van der Waals surface area (Å²) in [6, 6.07) is 9.95. The fraction of sp³-hybridized carbons (Fsp3) is 0.438.